The zero-order valence-electron chi connectivity index (χ0n) is 13.5. The lowest BCUT2D eigenvalue weighted by Crippen LogP contribution is -2.46. The lowest BCUT2D eigenvalue weighted by molar-refractivity contribution is 0.0710. The van der Waals surface area contributed by atoms with Gasteiger partial charge in [0.05, 0.1) is 13.1 Å². The molecule has 3 heterocycles. The van der Waals surface area contributed by atoms with Gasteiger partial charge in [0, 0.05) is 37.2 Å². The Balaban J connectivity index is 1.79. The summed E-state index contributed by atoms with van der Waals surface area (Å²) in [4.78, 5) is 50.1. The molecule has 0 saturated heterocycles. The number of carbonyl (C=O) groups is 3. The Kier molecular flexibility index (Phi) is 5.39. The van der Waals surface area contributed by atoms with Crippen molar-refractivity contribution in [1.82, 2.24) is 33.6 Å². The van der Waals surface area contributed by atoms with Crippen molar-refractivity contribution in [3.05, 3.63) is 56.2 Å². The molecule has 0 fully saturated rings. The van der Waals surface area contributed by atoms with E-state index in [-0.39, 0.29) is 24.9 Å². The second-order valence-corrected chi connectivity index (χ2v) is 5.80. The van der Waals surface area contributed by atoms with Gasteiger partial charge in [-0.2, -0.15) is 12.6 Å². The summed E-state index contributed by atoms with van der Waals surface area (Å²) in [6.45, 7) is -0.406. The first-order valence-corrected chi connectivity index (χ1v) is 8.04. The smallest absolute Gasteiger partial charge is 0.259 e. The van der Waals surface area contributed by atoms with Gasteiger partial charge in [-0.15, -0.1) is 0 Å². The summed E-state index contributed by atoms with van der Waals surface area (Å²) in [5.41, 5.74) is 0. The second kappa shape index (κ2) is 7.89. The highest BCUT2D eigenvalue weighted by molar-refractivity contribution is 7.81. The largest absolute Gasteiger partial charge is 0.275 e. The SMILES string of the molecule is O=C(CN(CC(=O)n1ccnc1)C(S)C(=O)n1ccnc1)n1ccnc1. The Labute approximate surface area is 153 Å². The summed E-state index contributed by atoms with van der Waals surface area (Å²) in [5, 5.41) is -1.02. The third-order valence-electron chi connectivity index (χ3n) is 3.59. The molecule has 0 radical (unpaired) electrons. The fourth-order valence-corrected chi connectivity index (χ4v) is 2.53. The molecule has 0 aliphatic heterocycles. The van der Waals surface area contributed by atoms with Crippen LogP contribution in [0.25, 0.3) is 0 Å². The molecule has 1 atom stereocenters. The molecule has 0 spiro atoms. The molecule has 3 aromatic rings. The minimum Gasteiger partial charge on any atom is -0.275 e. The average molecular weight is 373 g/mol. The first kappa shape index (κ1) is 17.8. The van der Waals surface area contributed by atoms with E-state index in [9.17, 15) is 14.4 Å². The van der Waals surface area contributed by atoms with Crippen molar-refractivity contribution in [2.45, 2.75) is 5.37 Å². The Bertz CT molecular complexity index is 826. The van der Waals surface area contributed by atoms with Gasteiger partial charge in [-0.3, -0.25) is 33.0 Å². The zero-order valence-corrected chi connectivity index (χ0v) is 14.4. The van der Waals surface area contributed by atoms with Gasteiger partial charge >= 0.3 is 0 Å². The van der Waals surface area contributed by atoms with Crippen LogP contribution in [0.5, 0.6) is 0 Å². The van der Waals surface area contributed by atoms with Gasteiger partial charge in [-0.05, 0) is 0 Å². The molecule has 3 rings (SSSR count). The summed E-state index contributed by atoms with van der Waals surface area (Å²) in [5.74, 6) is -1.13. The van der Waals surface area contributed by atoms with Crippen LogP contribution in [0.1, 0.15) is 14.4 Å². The van der Waals surface area contributed by atoms with Crippen molar-refractivity contribution < 1.29 is 14.4 Å². The van der Waals surface area contributed by atoms with Crippen molar-refractivity contribution in [1.29, 1.82) is 0 Å². The third kappa shape index (κ3) is 3.95. The number of rotatable bonds is 6. The second-order valence-electron chi connectivity index (χ2n) is 5.31. The number of hydrogen-bond donors (Lipinski definition) is 1. The summed E-state index contributed by atoms with van der Waals surface area (Å²) < 4.78 is 3.79. The Morgan fingerprint density at radius 1 is 0.808 bits per heavy atom. The normalized spacial score (nSPS) is 12.2. The van der Waals surface area contributed by atoms with E-state index in [1.807, 2.05) is 0 Å². The van der Waals surface area contributed by atoms with E-state index in [2.05, 4.69) is 27.6 Å². The summed E-state index contributed by atoms with van der Waals surface area (Å²) in [6, 6.07) is 0. The molecular formula is C15H15N7O3S. The Morgan fingerprint density at radius 3 is 1.62 bits per heavy atom. The molecule has 3 aromatic heterocycles. The number of aromatic nitrogens is 6. The Hall–Kier alpha value is -3.05. The third-order valence-corrected chi connectivity index (χ3v) is 4.13. The van der Waals surface area contributed by atoms with Gasteiger partial charge in [0.2, 0.25) is 11.8 Å². The van der Waals surface area contributed by atoms with Crippen LogP contribution in [-0.2, 0) is 0 Å². The fraction of sp³-hybridized carbons (Fsp3) is 0.200. The van der Waals surface area contributed by atoms with Crippen LogP contribution in [0.2, 0.25) is 0 Å². The molecule has 10 nitrogen and oxygen atoms in total. The molecular weight excluding hydrogens is 358 g/mol. The Morgan fingerprint density at radius 2 is 1.23 bits per heavy atom. The molecule has 11 heteroatoms. The number of nitrogens with zero attached hydrogens (tertiary/aromatic N) is 7. The van der Waals surface area contributed by atoms with Crippen LogP contribution in [0.3, 0.4) is 0 Å². The molecule has 0 aliphatic rings. The van der Waals surface area contributed by atoms with E-state index in [4.69, 9.17) is 0 Å². The molecule has 0 aliphatic carbocycles. The number of thiol groups is 1. The first-order chi connectivity index (χ1) is 12.6. The standard InChI is InChI=1S/C15H15N7O3S/c23-12(19-4-1-16-9-19)7-22(8-13(24)20-5-2-17-10-20)15(26)14(25)21-6-3-18-11-21/h1-6,9-11,15,26H,7-8H2. The predicted molar refractivity (Wildman–Crippen MR) is 92.9 cm³/mol. The molecule has 1 unspecified atom stereocenters. The maximum absolute atomic E-state index is 12.5. The predicted octanol–water partition coefficient (Wildman–Crippen LogP) is 0.155. The quantitative estimate of drug-likeness (QED) is 0.484. The van der Waals surface area contributed by atoms with Crippen LogP contribution >= 0.6 is 12.6 Å². The summed E-state index contributed by atoms with van der Waals surface area (Å²) in [6.07, 6.45) is 12.9. The minimum atomic E-state index is -1.02. The van der Waals surface area contributed by atoms with Gasteiger partial charge in [-0.1, -0.05) is 0 Å². The zero-order chi connectivity index (χ0) is 18.5. The van der Waals surface area contributed by atoms with Crippen molar-refractivity contribution in [2.75, 3.05) is 13.1 Å². The van der Waals surface area contributed by atoms with Gasteiger partial charge < -0.3 is 0 Å². The van der Waals surface area contributed by atoms with Crippen LogP contribution < -0.4 is 0 Å². The highest BCUT2D eigenvalue weighted by Crippen LogP contribution is 2.09. The molecule has 134 valence electrons. The van der Waals surface area contributed by atoms with Gasteiger partial charge in [0.1, 0.15) is 24.4 Å². The lowest BCUT2D eigenvalue weighted by atomic mass is 10.3. The fourth-order valence-electron chi connectivity index (χ4n) is 2.23. The van der Waals surface area contributed by atoms with Crippen LogP contribution in [0, 0.1) is 0 Å². The lowest BCUT2D eigenvalue weighted by Gasteiger charge is -2.25. The van der Waals surface area contributed by atoms with Crippen molar-refractivity contribution in [2.24, 2.45) is 0 Å². The van der Waals surface area contributed by atoms with Gasteiger partial charge in [0.15, 0.2) is 0 Å². The van der Waals surface area contributed by atoms with E-state index >= 15 is 0 Å². The van der Waals surface area contributed by atoms with Gasteiger partial charge in [-0.25, -0.2) is 15.0 Å². The van der Waals surface area contributed by atoms with E-state index in [1.54, 1.807) is 0 Å². The van der Waals surface area contributed by atoms with E-state index in [0.717, 1.165) is 0 Å². The van der Waals surface area contributed by atoms with E-state index in [0.29, 0.717) is 0 Å². The van der Waals surface area contributed by atoms with Crippen molar-refractivity contribution in [3.8, 4) is 0 Å². The average Bonchev–Trinajstić information content (AvgIpc) is 3.42. The molecule has 0 aromatic carbocycles. The molecule has 26 heavy (non-hydrogen) atoms. The number of hydrogen-bond acceptors (Lipinski definition) is 8. The van der Waals surface area contributed by atoms with Crippen molar-refractivity contribution >= 4 is 30.4 Å². The first-order valence-electron chi connectivity index (χ1n) is 7.53. The maximum atomic E-state index is 12.5. The maximum Gasteiger partial charge on any atom is 0.259 e. The minimum absolute atomic E-state index is 0.203. The van der Waals surface area contributed by atoms with E-state index in [1.165, 1.54) is 74.8 Å². The van der Waals surface area contributed by atoms with Gasteiger partial charge in [0.25, 0.3) is 5.91 Å². The van der Waals surface area contributed by atoms with Crippen molar-refractivity contribution in [3.63, 3.8) is 0 Å². The number of imidazole rings is 3. The summed E-state index contributed by atoms with van der Waals surface area (Å²) >= 11 is 4.32. The van der Waals surface area contributed by atoms with E-state index < -0.39 is 11.3 Å². The topological polar surface area (TPSA) is 108 Å². The molecule has 0 saturated carbocycles. The number of carbonyl (C=O) groups excluding carboxylic acids is 3. The van der Waals surface area contributed by atoms with Crippen LogP contribution in [0.4, 0.5) is 0 Å². The molecule has 0 bridgehead atoms. The monoisotopic (exact) mass is 373 g/mol. The highest BCUT2D eigenvalue weighted by Gasteiger charge is 2.28. The van der Waals surface area contributed by atoms with Crippen LogP contribution in [0.15, 0.2) is 56.2 Å². The summed E-state index contributed by atoms with van der Waals surface area (Å²) in [7, 11) is 0. The molecule has 0 N–H and O–H groups in total. The molecule has 0 amide bonds. The van der Waals surface area contributed by atoms with Crippen LogP contribution in [-0.4, -0.2) is 69.7 Å². The highest BCUT2D eigenvalue weighted by atomic mass is 32.1.